The van der Waals surface area contributed by atoms with Gasteiger partial charge in [0, 0.05) is 6.54 Å². The summed E-state index contributed by atoms with van der Waals surface area (Å²) in [6, 6.07) is 3.48. The number of amides is 1. The minimum Gasteiger partial charge on any atom is -0.462 e. The average Bonchev–Trinajstić information content (AvgIpc) is 3.35. The van der Waals surface area contributed by atoms with Crippen LogP contribution in [-0.2, 0) is 20.9 Å². The van der Waals surface area contributed by atoms with Crippen LogP contribution in [0, 0.1) is 6.92 Å². The molecule has 0 bridgehead atoms. The van der Waals surface area contributed by atoms with Crippen molar-refractivity contribution in [3.05, 3.63) is 38.7 Å². The van der Waals surface area contributed by atoms with Gasteiger partial charge in [0.2, 0.25) is 0 Å². The summed E-state index contributed by atoms with van der Waals surface area (Å²) in [6.45, 7) is 3.75. The van der Waals surface area contributed by atoms with Gasteiger partial charge in [-0.25, -0.2) is 14.8 Å². The second kappa shape index (κ2) is 9.63. The maximum Gasteiger partial charge on any atom is 0.348 e. The smallest absolute Gasteiger partial charge is 0.348 e. The van der Waals surface area contributed by atoms with Crippen LogP contribution in [-0.4, -0.2) is 41.0 Å². The van der Waals surface area contributed by atoms with Gasteiger partial charge in [-0.3, -0.25) is 9.59 Å². The Bertz CT molecular complexity index is 1080. The summed E-state index contributed by atoms with van der Waals surface area (Å²) in [5, 5.41) is 5.05. The number of anilines is 1. The van der Waals surface area contributed by atoms with E-state index in [0.717, 1.165) is 11.3 Å². The lowest BCUT2D eigenvalue weighted by molar-refractivity contribution is -0.145. The minimum atomic E-state index is -0.502. The molecule has 9 nitrogen and oxygen atoms in total. The fraction of sp³-hybridized carbons (Fsp3) is 0.316. The Hall–Kier alpha value is -3.05. The van der Waals surface area contributed by atoms with Crippen LogP contribution in [0.15, 0.2) is 17.5 Å². The molecule has 0 saturated carbocycles. The summed E-state index contributed by atoms with van der Waals surface area (Å²) in [7, 11) is 0. The fourth-order valence-corrected chi connectivity index (χ4v) is 4.40. The number of aryl methyl sites for hydroxylation is 1. The van der Waals surface area contributed by atoms with E-state index < -0.39 is 11.9 Å². The van der Waals surface area contributed by atoms with Crippen LogP contribution < -0.4 is 11.1 Å². The molecule has 3 aromatic rings. The minimum absolute atomic E-state index is 0.0138. The van der Waals surface area contributed by atoms with E-state index in [-0.39, 0.29) is 43.7 Å². The molecule has 0 aromatic carbocycles. The molecule has 3 heterocycles. The maximum absolute atomic E-state index is 12.1. The maximum atomic E-state index is 12.1. The third kappa shape index (κ3) is 4.92. The summed E-state index contributed by atoms with van der Waals surface area (Å²) >= 11 is 2.48. The molecule has 0 atom stereocenters. The van der Waals surface area contributed by atoms with Gasteiger partial charge in [0.25, 0.3) is 5.91 Å². The first-order valence-electron chi connectivity index (χ1n) is 9.10. The van der Waals surface area contributed by atoms with Gasteiger partial charge in [-0.05, 0) is 30.9 Å². The Morgan fingerprint density at radius 3 is 2.73 bits per heavy atom. The van der Waals surface area contributed by atoms with Gasteiger partial charge in [-0.15, -0.1) is 22.7 Å². The lowest BCUT2D eigenvalue weighted by Crippen LogP contribution is -2.25. The van der Waals surface area contributed by atoms with Gasteiger partial charge in [-0.1, -0.05) is 6.07 Å². The van der Waals surface area contributed by atoms with Gasteiger partial charge >= 0.3 is 11.9 Å². The van der Waals surface area contributed by atoms with Crippen molar-refractivity contribution in [2.24, 2.45) is 0 Å². The highest BCUT2D eigenvalue weighted by molar-refractivity contribution is 7.20. The van der Waals surface area contributed by atoms with Crippen molar-refractivity contribution in [2.45, 2.75) is 26.9 Å². The Balaban J connectivity index is 1.58. The van der Waals surface area contributed by atoms with Gasteiger partial charge in [0.1, 0.15) is 15.5 Å². The molecule has 0 unspecified atom stereocenters. The van der Waals surface area contributed by atoms with Gasteiger partial charge in [0.05, 0.1) is 23.3 Å². The molecule has 3 N–H and O–H groups in total. The first kappa shape index (κ1) is 21.7. The van der Waals surface area contributed by atoms with Gasteiger partial charge in [0.15, 0.2) is 12.4 Å². The van der Waals surface area contributed by atoms with E-state index in [1.54, 1.807) is 31.4 Å². The van der Waals surface area contributed by atoms with E-state index in [2.05, 4.69) is 15.3 Å². The number of rotatable bonds is 8. The standard InChI is InChI=1S/C19H20N4O5S2/c1-3-27-19(26)15-10(2)14-16(20)22-12(23-18(14)30-15)9-28-13(24)6-7-21-17(25)11-5-4-8-29-11/h4-5,8H,3,6-7,9H2,1-2H3,(H,21,25)(H2,20,22,23). The first-order valence-corrected chi connectivity index (χ1v) is 10.8. The third-order valence-corrected chi connectivity index (χ3v) is 6.08. The number of hydrogen-bond acceptors (Lipinski definition) is 10. The molecule has 0 aliphatic rings. The van der Waals surface area contributed by atoms with E-state index in [9.17, 15) is 14.4 Å². The van der Waals surface area contributed by atoms with Crippen LogP contribution in [0.5, 0.6) is 0 Å². The molecule has 0 spiro atoms. The zero-order valence-corrected chi connectivity index (χ0v) is 18.0. The number of fused-ring (bicyclic) bond motifs is 1. The predicted molar refractivity (Wildman–Crippen MR) is 114 cm³/mol. The van der Waals surface area contributed by atoms with Crippen molar-refractivity contribution in [1.29, 1.82) is 0 Å². The zero-order chi connectivity index (χ0) is 21.7. The number of aromatic nitrogens is 2. The first-order chi connectivity index (χ1) is 14.4. The summed E-state index contributed by atoms with van der Waals surface area (Å²) < 4.78 is 10.2. The molecule has 3 rings (SSSR count). The molecular weight excluding hydrogens is 428 g/mol. The van der Waals surface area contributed by atoms with Crippen LogP contribution in [0.1, 0.15) is 44.1 Å². The quantitative estimate of drug-likeness (QED) is 0.503. The van der Waals surface area contributed by atoms with Crippen molar-refractivity contribution in [3.8, 4) is 0 Å². The molecule has 11 heteroatoms. The van der Waals surface area contributed by atoms with Gasteiger partial charge in [-0.2, -0.15) is 0 Å². The van der Waals surface area contributed by atoms with E-state index in [1.807, 2.05) is 0 Å². The number of nitrogens with zero attached hydrogens (tertiary/aromatic N) is 2. The van der Waals surface area contributed by atoms with Crippen molar-refractivity contribution in [1.82, 2.24) is 15.3 Å². The van der Waals surface area contributed by atoms with Crippen LogP contribution in [0.2, 0.25) is 0 Å². The third-order valence-electron chi connectivity index (χ3n) is 4.05. The number of thiophene rings is 2. The fourth-order valence-electron chi connectivity index (χ4n) is 2.66. The topological polar surface area (TPSA) is 134 Å². The molecule has 0 aliphatic heterocycles. The van der Waals surface area contributed by atoms with Gasteiger partial charge < -0.3 is 20.5 Å². The summed E-state index contributed by atoms with van der Waals surface area (Å²) in [5.41, 5.74) is 6.69. The van der Waals surface area contributed by atoms with E-state index in [1.165, 1.54) is 11.3 Å². The molecule has 0 saturated heterocycles. The molecule has 0 fully saturated rings. The largest absolute Gasteiger partial charge is 0.462 e. The molecule has 3 aromatic heterocycles. The predicted octanol–water partition coefficient (Wildman–Crippen LogP) is 2.68. The summed E-state index contributed by atoms with van der Waals surface area (Å²) in [4.78, 5) is 45.9. The Labute approximate surface area is 180 Å². The van der Waals surface area contributed by atoms with Crippen molar-refractivity contribution in [3.63, 3.8) is 0 Å². The number of carbonyl (C=O) groups is 3. The number of carbonyl (C=O) groups excluding carboxylic acids is 3. The molecule has 30 heavy (non-hydrogen) atoms. The second-order valence-corrected chi connectivity index (χ2v) is 8.07. The number of hydrogen-bond donors (Lipinski definition) is 2. The summed E-state index contributed by atoms with van der Waals surface area (Å²) in [5.74, 6) is -0.732. The molecule has 0 aliphatic carbocycles. The molecule has 1 amide bonds. The Morgan fingerprint density at radius 2 is 2.03 bits per heavy atom. The zero-order valence-electron chi connectivity index (χ0n) is 16.4. The highest BCUT2D eigenvalue weighted by Gasteiger charge is 2.20. The normalized spacial score (nSPS) is 10.7. The van der Waals surface area contributed by atoms with Crippen molar-refractivity contribution >= 4 is 56.6 Å². The lowest BCUT2D eigenvalue weighted by Gasteiger charge is -2.06. The van der Waals surface area contributed by atoms with Crippen molar-refractivity contribution < 1.29 is 23.9 Å². The van der Waals surface area contributed by atoms with Crippen LogP contribution in [0.3, 0.4) is 0 Å². The number of nitrogen functional groups attached to an aromatic ring is 1. The molecule has 0 radical (unpaired) electrons. The van der Waals surface area contributed by atoms with E-state index >= 15 is 0 Å². The lowest BCUT2D eigenvalue weighted by atomic mass is 10.2. The van der Waals surface area contributed by atoms with E-state index in [4.69, 9.17) is 15.2 Å². The van der Waals surface area contributed by atoms with Crippen LogP contribution in [0.25, 0.3) is 10.2 Å². The average molecular weight is 449 g/mol. The Morgan fingerprint density at radius 1 is 1.23 bits per heavy atom. The Kier molecular flexibility index (Phi) is 6.95. The second-order valence-electron chi connectivity index (χ2n) is 6.13. The molecular formula is C19H20N4O5S2. The summed E-state index contributed by atoms with van der Waals surface area (Å²) in [6.07, 6.45) is 0.0138. The molecule has 158 valence electrons. The number of esters is 2. The highest BCUT2D eigenvalue weighted by Crippen LogP contribution is 2.33. The highest BCUT2D eigenvalue weighted by atomic mass is 32.1. The number of nitrogens with one attached hydrogen (secondary N) is 1. The monoisotopic (exact) mass is 448 g/mol. The van der Waals surface area contributed by atoms with Crippen molar-refractivity contribution in [2.75, 3.05) is 18.9 Å². The number of nitrogens with two attached hydrogens (primary N) is 1. The van der Waals surface area contributed by atoms with E-state index in [0.29, 0.717) is 25.5 Å². The SMILES string of the molecule is CCOC(=O)c1sc2nc(COC(=O)CCNC(=O)c3cccs3)nc(N)c2c1C. The van der Waals surface area contributed by atoms with Crippen LogP contribution >= 0.6 is 22.7 Å². The number of ether oxygens (including phenoxy) is 2. The van der Waals surface area contributed by atoms with Crippen LogP contribution in [0.4, 0.5) is 5.82 Å².